The van der Waals surface area contributed by atoms with Crippen molar-refractivity contribution in [3.63, 3.8) is 0 Å². The van der Waals surface area contributed by atoms with E-state index < -0.39 is 0 Å². The van der Waals surface area contributed by atoms with Crippen molar-refractivity contribution in [3.05, 3.63) is 0 Å². The molecule has 0 unspecified atom stereocenters. The van der Waals surface area contributed by atoms with Crippen LogP contribution in [-0.2, 0) is 4.79 Å². The van der Waals surface area contributed by atoms with Gasteiger partial charge in [-0.3, -0.25) is 4.79 Å². The lowest BCUT2D eigenvalue weighted by Gasteiger charge is -2.45. The molecule has 0 aliphatic heterocycles. The number of hydrogen-bond donors (Lipinski definition) is 1. The Morgan fingerprint density at radius 2 is 1.92 bits per heavy atom. The minimum absolute atomic E-state index is 0.337. The fraction of sp³-hybridized carbons (Fsp3) is 0.900. The van der Waals surface area contributed by atoms with Crippen LogP contribution in [0.4, 0.5) is 0 Å². The molecule has 0 atom stereocenters. The van der Waals surface area contributed by atoms with E-state index in [-0.39, 0.29) is 0 Å². The molecule has 0 radical (unpaired) electrons. The van der Waals surface area contributed by atoms with Crippen LogP contribution >= 0.6 is 0 Å². The van der Waals surface area contributed by atoms with E-state index in [4.69, 9.17) is 5.11 Å². The maximum atomic E-state index is 10.9. The van der Waals surface area contributed by atoms with Gasteiger partial charge >= 0.3 is 0 Å². The molecule has 2 nitrogen and oxygen atoms in total. The molecule has 1 N–H and O–H groups in total. The number of rotatable bonds is 1. The quantitative estimate of drug-likeness (QED) is 0.644. The molecule has 12 heavy (non-hydrogen) atoms. The second kappa shape index (κ2) is 2.84. The molecule has 2 rings (SSSR count). The van der Waals surface area contributed by atoms with Crippen molar-refractivity contribution in [2.75, 3.05) is 6.61 Å². The van der Waals surface area contributed by atoms with Crippen molar-refractivity contribution in [1.29, 1.82) is 0 Å². The van der Waals surface area contributed by atoms with Gasteiger partial charge < -0.3 is 5.11 Å². The van der Waals surface area contributed by atoms with Gasteiger partial charge in [0.05, 0.1) is 0 Å². The molecule has 2 heteroatoms. The van der Waals surface area contributed by atoms with E-state index in [0.717, 1.165) is 25.7 Å². The van der Waals surface area contributed by atoms with Crippen LogP contribution in [0, 0.1) is 11.3 Å². The Labute approximate surface area is 73.0 Å². The summed E-state index contributed by atoms with van der Waals surface area (Å²) in [6.07, 6.45) is 6.25. The van der Waals surface area contributed by atoms with Crippen LogP contribution in [0.5, 0.6) is 0 Å². The highest BCUT2D eigenvalue weighted by Gasteiger charge is 2.44. The summed E-state index contributed by atoms with van der Waals surface area (Å²) in [5.41, 5.74) is 0.392. The highest BCUT2D eigenvalue weighted by Crippen LogP contribution is 2.50. The summed E-state index contributed by atoms with van der Waals surface area (Å²) in [6, 6.07) is 0. The van der Waals surface area contributed by atoms with E-state index in [1.54, 1.807) is 0 Å². The van der Waals surface area contributed by atoms with Gasteiger partial charge in [-0.05, 0) is 37.0 Å². The van der Waals surface area contributed by atoms with Crippen molar-refractivity contribution >= 4 is 5.78 Å². The monoisotopic (exact) mass is 168 g/mol. The van der Waals surface area contributed by atoms with Crippen molar-refractivity contribution in [3.8, 4) is 0 Å². The highest BCUT2D eigenvalue weighted by atomic mass is 16.3. The van der Waals surface area contributed by atoms with Crippen molar-refractivity contribution in [2.45, 2.75) is 38.5 Å². The summed E-state index contributed by atoms with van der Waals surface area (Å²) < 4.78 is 0. The van der Waals surface area contributed by atoms with Crippen LogP contribution in [0.25, 0.3) is 0 Å². The molecule has 2 saturated carbocycles. The molecule has 0 saturated heterocycles. The van der Waals surface area contributed by atoms with Gasteiger partial charge in [-0.15, -0.1) is 0 Å². The van der Waals surface area contributed by atoms with E-state index in [1.165, 1.54) is 12.8 Å². The van der Waals surface area contributed by atoms with E-state index in [9.17, 15) is 4.79 Å². The third-order valence-electron chi connectivity index (χ3n) is 3.57. The minimum Gasteiger partial charge on any atom is -0.396 e. The average molecular weight is 168 g/mol. The maximum absolute atomic E-state index is 10.9. The standard InChI is InChI=1S/C10H16O2/c11-7-8-1-3-10(4-2-8)5-9(12)6-10/h8,11H,1-7H2. The number of ketones is 1. The first-order chi connectivity index (χ1) is 5.74. The van der Waals surface area contributed by atoms with Gasteiger partial charge in [0.2, 0.25) is 0 Å². The lowest BCUT2D eigenvalue weighted by molar-refractivity contribution is -0.135. The Hall–Kier alpha value is -0.370. The molecule has 0 aromatic carbocycles. The number of aliphatic hydroxyl groups excluding tert-OH is 1. The molecule has 2 aliphatic carbocycles. The molecule has 0 heterocycles. The molecule has 1 spiro atoms. The van der Waals surface area contributed by atoms with Crippen molar-refractivity contribution < 1.29 is 9.90 Å². The van der Waals surface area contributed by atoms with E-state index >= 15 is 0 Å². The molecule has 2 aliphatic rings. The summed E-state index contributed by atoms with van der Waals surface area (Å²) in [7, 11) is 0. The van der Waals surface area contributed by atoms with E-state index in [1.807, 2.05) is 0 Å². The van der Waals surface area contributed by atoms with Gasteiger partial charge in [0.1, 0.15) is 5.78 Å². The van der Waals surface area contributed by atoms with Crippen molar-refractivity contribution in [1.82, 2.24) is 0 Å². The van der Waals surface area contributed by atoms with Gasteiger partial charge in [-0.25, -0.2) is 0 Å². The largest absolute Gasteiger partial charge is 0.396 e. The molecular weight excluding hydrogens is 152 g/mol. The number of hydrogen-bond acceptors (Lipinski definition) is 2. The number of Topliss-reactive ketones (excluding diaryl/α,β-unsaturated/α-hetero) is 1. The SMILES string of the molecule is O=C1CC2(CCC(CO)CC2)C1. The zero-order valence-corrected chi connectivity index (χ0v) is 7.38. The Morgan fingerprint density at radius 1 is 1.33 bits per heavy atom. The lowest BCUT2D eigenvalue weighted by Crippen LogP contribution is -2.40. The Morgan fingerprint density at radius 3 is 2.33 bits per heavy atom. The Bertz CT molecular complexity index is 180. The minimum atomic E-state index is 0.337. The third kappa shape index (κ3) is 1.28. The van der Waals surface area contributed by atoms with Crippen LogP contribution in [0.2, 0.25) is 0 Å². The second-order valence-electron chi connectivity index (χ2n) is 4.52. The molecule has 2 fully saturated rings. The van der Waals surface area contributed by atoms with Gasteiger partial charge in [-0.1, -0.05) is 0 Å². The fourth-order valence-electron chi connectivity index (χ4n) is 2.61. The third-order valence-corrected chi connectivity index (χ3v) is 3.57. The topological polar surface area (TPSA) is 37.3 Å². The van der Waals surface area contributed by atoms with Crippen LogP contribution in [0.3, 0.4) is 0 Å². The molecule has 68 valence electrons. The van der Waals surface area contributed by atoms with Gasteiger partial charge in [0, 0.05) is 19.4 Å². The molecule has 0 aromatic heterocycles. The first-order valence-electron chi connectivity index (χ1n) is 4.87. The normalized spacial score (nSPS) is 28.9. The summed E-state index contributed by atoms with van der Waals surface area (Å²) in [6.45, 7) is 0.337. The molecule has 0 amide bonds. The number of carbonyl (C=O) groups excluding carboxylic acids is 1. The first kappa shape index (κ1) is 8.24. The zero-order chi connectivity index (χ0) is 8.60. The van der Waals surface area contributed by atoms with E-state index in [2.05, 4.69) is 0 Å². The zero-order valence-electron chi connectivity index (χ0n) is 7.38. The Balaban J connectivity index is 1.86. The number of carbonyl (C=O) groups is 1. The average Bonchev–Trinajstić information content (AvgIpc) is 2.04. The van der Waals surface area contributed by atoms with Gasteiger partial charge in [0.15, 0.2) is 0 Å². The highest BCUT2D eigenvalue weighted by molar-refractivity contribution is 5.86. The summed E-state index contributed by atoms with van der Waals surface area (Å²) >= 11 is 0. The van der Waals surface area contributed by atoms with Crippen LogP contribution in [-0.4, -0.2) is 17.5 Å². The first-order valence-corrected chi connectivity index (χ1v) is 4.87. The predicted molar refractivity (Wildman–Crippen MR) is 45.7 cm³/mol. The van der Waals surface area contributed by atoms with Crippen LogP contribution in [0.1, 0.15) is 38.5 Å². The summed E-state index contributed by atoms with van der Waals surface area (Å²) in [5.74, 6) is 0.962. The van der Waals surface area contributed by atoms with Gasteiger partial charge in [-0.2, -0.15) is 0 Å². The molecule has 0 bridgehead atoms. The predicted octanol–water partition coefficient (Wildman–Crippen LogP) is 1.52. The van der Waals surface area contributed by atoms with Crippen LogP contribution < -0.4 is 0 Å². The number of aliphatic hydroxyl groups is 1. The van der Waals surface area contributed by atoms with Crippen LogP contribution in [0.15, 0.2) is 0 Å². The summed E-state index contributed by atoms with van der Waals surface area (Å²) in [4.78, 5) is 10.9. The van der Waals surface area contributed by atoms with Gasteiger partial charge in [0.25, 0.3) is 0 Å². The second-order valence-corrected chi connectivity index (χ2v) is 4.52. The molecular formula is C10H16O2. The molecule has 0 aromatic rings. The van der Waals surface area contributed by atoms with E-state index in [0.29, 0.717) is 23.7 Å². The lowest BCUT2D eigenvalue weighted by atomic mass is 9.58. The maximum Gasteiger partial charge on any atom is 0.134 e. The summed E-state index contributed by atoms with van der Waals surface area (Å²) in [5, 5.41) is 8.94. The smallest absolute Gasteiger partial charge is 0.134 e. The fourth-order valence-corrected chi connectivity index (χ4v) is 2.61. The Kier molecular flexibility index (Phi) is 1.95. The van der Waals surface area contributed by atoms with Crippen molar-refractivity contribution in [2.24, 2.45) is 11.3 Å².